The molecule has 0 saturated carbocycles. The van der Waals surface area contributed by atoms with Gasteiger partial charge in [0.15, 0.2) is 0 Å². The van der Waals surface area contributed by atoms with Crippen LogP contribution in [0, 0.1) is 6.92 Å². The van der Waals surface area contributed by atoms with Gasteiger partial charge in [0.2, 0.25) is 11.8 Å². The van der Waals surface area contributed by atoms with Gasteiger partial charge in [0.1, 0.15) is 25.2 Å². The van der Waals surface area contributed by atoms with E-state index in [2.05, 4.69) is 25.5 Å². The summed E-state index contributed by atoms with van der Waals surface area (Å²) < 4.78 is 69.9. The molecule has 0 amide bonds. The van der Waals surface area contributed by atoms with Gasteiger partial charge in [-0.2, -0.15) is 18.2 Å². The minimum Gasteiger partial charge on any atom is -0.494 e. The summed E-state index contributed by atoms with van der Waals surface area (Å²) in [5.74, 6) is -0.452. The van der Waals surface area contributed by atoms with Gasteiger partial charge in [-0.05, 0) is 38.1 Å². The maximum atomic E-state index is 14.0. The van der Waals surface area contributed by atoms with Crippen LogP contribution in [0.25, 0.3) is 10.8 Å². The van der Waals surface area contributed by atoms with Crippen LogP contribution in [0.15, 0.2) is 42.6 Å². The van der Waals surface area contributed by atoms with Crippen molar-refractivity contribution < 1.29 is 28.8 Å². The molecule has 218 valence electrons. The first-order valence-electron chi connectivity index (χ1n) is 13.6. The molecular weight excluding hydrogens is 542 g/mol. The summed E-state index contributed by atoms with van der Waals surface area (Å²) in [4.78, 5) is 10.2. The number of aromatic nitrogens is 3. The van der Waals surface area contributed by atoms with Crippen LogP contribution in [-0.4, -0.2) is 59.6 Å². The molecule has 5 rings (SSSR count). The highest BCUT2D eigenvalue weighted by Gasteiger charge is 2.36. The van der Waals surface area contributed by atoms with E-state index >= 15 is 0 Å². The number of alkyl halides is 4. The molecule has 13 heteroatoms. The van der Waals surface area contributed by atoms with Crippen molar-refractivity contribution in [3.8, 4) is 11.6 Å². The SMILES string of the molecule is [2H]N1CCCN(c2ccc(Nc3ncc(C(F)(F)F)c(Nc4cccc5c(C)n(CCF)c(O)c45)n3)c(OC)c2)CC1. The molecule has 4 aromatic rings. The van der Waals surface area contributed by atoms with Crippen molar-refractivity contribution in [3.63, 3.8) is 0 Å². The molecule has 2 aromatic carbocycles. The number of aromatic hydroxyl groups is 1. The Hall–Kier alpha value is -4.26. The van der Waals surface area contributed by atoms with E-state index in [9.17, 15) is 22.7 Å². The lowest BCUT2D eigenvalue weighted by molar-refractivity contribution is -0.137. The Morgan fingerprint density at radius 2 is 1.98 bits per heavy atom. The molecule has 0 aliphatic carbocycles. The van der Waals surface area contributed by atoms with Crippen molar-refractivity contribution in [1.29, 1.82) is 0 Å². The highest BCUT2D eigenvalue weighted by Crippen LogP contribution is 2.41. The van der Waals surface area contributed by atoms with Gasteiger partial charge >= 0.3 is 6.18 Å². The smallest absolute Gasteiger partial charge is 0.421 e. The number of rotatable bonds is 8. The second kappa shape index (κ2) is 11.7. The predicted molar refractivity (Wildman–Crippen MR) is 151 cm³/mol. The molecule has 41 heavy (non-hydrogen) atoms. The molecule has 1 fully saturated rings. The number of nitrogens with zero attached hydrogens (tertiary/aromatic N) is 4. The van der Waals surface area contributed by atoms with Crippen molar-refractivity contribution in [2.24, 2.45) is 0 Å². The number of benzene rings is 2. The zero-order valence-corrected chi connectivity index (χ0v) is 22.6. The molecule has 0 atom stereocenters. The number of anilines is 5. The summed E-state index contributed by atoms with van der Waals surface area (Å²) in [5.41, 5.74) is 0.995. The lowest BCUT2D eigenvalue weighted by Gasteiger charge is -2.23. The van der Waals surface area contributed by atoms with Crippen LogP contribution in [0.5, 0.6) is 11.6 Å². The maximum Gasteiger partial charge on any atom is 0.421 e. The average molecular weight is 575 g/mol. The number of aryl methyl sites for hydroxylation is 1. The fourth-order valence-corrected chi connectivity index (χ4v) is 5.02. The Balaban J connectivity index is 1.48. The maximum absolute atomic E-state index is 14.0. The van der Waals surface area contributed by atoms with E-state index in [0.29, 0.717) is 48.3 Å². The second-order valence-corrected chi connectivity index (χ2v) is 9.58. The van der Waals surface area contributed by atoms with Gasteiger partial charge in [0.05, 0.1) is 30.4 Å². The number of methoxy groups -OCH3 is 1. The van der Waals surface area contributed by atoms with Crippen molar-refractivity contribution in [2.45, 2.75) is 26.1 Å². The summed E-state index contributed by atoms with van der Waals surface area (Å²) >= 11 is 0. The number of halogens is 4. The van der Waals surface area contributed by atoms with Crippen molar-refractivity contribution in [3.05, 3.63) is 53.9 Å². The summed E-state index contributed by atoms with van der Waals surface area (Å²) in [6, 6.07) is 10.3. The highest BCUT2D eigenvalue weighted by molar-refractivity contribution is 6.01. The van der Waals surface area contributed by atoms with E-state index in [4.69, 9.17) is 6.15 Å². The van der Waals surface area contributed by atoms with Crippen molar-refractivity contribution in [2.75, 3.05) is 55.5 Å². The van der Waals surface area contributed by atoms with Gasteiger partial charge in [-0.25, -0.2) is 9.37 Å². The lowest BCUT2D eigenvalue weighted by atomic mass is 10.1. The predicted octanol–water partition coefficient (Wildman–Crippen LogP) is 5.73. The standard InChI is InChI=1S/C28H31F4N7O2/c1-17-19-5-3-6-22(24(19)26(40)39(17)13-9-29)35-25-20(28(30,31)32)16-34-27(37-25)36-21-8-7-18(15-23(21)41-2)38-12-4-10-33-11-14-38/h3,5-8,15-16,33,40H,4,9-14H2,1-2H3,(H2,34,35,36,37)/i/hD. The summed E-state index contributed by atoms with van der Waals surface area (Å²) in [6.45, 7) is 3.63. The number of hydrogen-bond acceptors (Lipinski definition) is 8. The molecule has 0 unspecified atom stereocenters. The van der Waals surface area contributed by atoms with Crippen LogP contribution in [0.2, 0.25) is 1.41 Å². The van der Waals surface area contributed by atoms with Crippen LogP contribution >= 0.6 is 0 Å². The zero-order valence-electron chi connectivity index (χ0n) is 23.6. The van der Waals surface area contributed by atoms with Crippen LogP contribution in [0.3, 0.4) is 0 Å². The molecule has 0 bridgehead atoms. The van der Waals surface area contributed by atoms with Gasteiger partial charge in [-0.1, -0.05) is 12.1 Å². The minimum atomic E-state index is -4.77. The Morgan fingerprint density at radius 1 is 1.15 bits per heavy atom. The van der Waals surface area contributed by atoms with Gasteiger partial charge in [-0.15, -0.1) is 0 Å². The summed E-state index contributed by atoms with van der Waals surface area (Å²) in [7, 11) is 1.49. The largest absolute Gasteiger partial charge is 0.494 e. The van der Waals surface area contributed by atoms with Crippen LogP contribution in [0.1, 0.15) is 17.7 Å². The van der Waals surface area contributed by atoms with E-state index in [1.54, 1.807) is 25.1 Å². The van der Waals surface area contributed by atoms with E-state index in [-0.39, 0.29) is 29.4 Å². The van der Waals surface area contributed by atoms with Crippen molar-refractivity contribution >= 4 is 39.6 Å². The normalized spacial score (nSPS) is 15.1. The molecule has 9 nitrogen and oxygen atoms in total. The molecule has 0 radical (unpaired) electrons. The fourth-order valence-electron chi connectivity index (χ4n) is 5.02. The molecule has 1 aliphatic rings. The Morgan fingerprint density at radius 3 is 2.73 bits per heavy atom. The minimum absolute atomic E-state index is 0.0950. The third-order valence-corrected chi connectivity index (χ3v) is 7.06. The van der Waals surface area contributed by atoms with Crippen LogP contribution in [-0.2, 0) is 12.7 Å². The Labute approximate surface area is 235 Å². The number of ether oxygens (including phenoxy) is 1. The monoisotopic (exact) mass is 574 g/mol. The fraction of sp³-hybridized carbons (Fsp3) is 0.357. The Kier molecular flexibility index (Phi) is 7.68. The third kappa shape index (κ3) is 5.80. The summed E-state index contributed by atoms with van der Waals surface area (Å²) in [5, 5.41) is 18.8. The van der Waals surface area contributed by atoms with E-state index in [1.165, 1.54) is 23.1 Å². The average Bonchev–Trinajstić information content (AvgIpc) is 3.07. The van der Waals surface area contributed by atoms with E-state index in [0.717, 1.165) is 18.7 Å². The second-order valence-electron chi connectivity index (χ2n) is 9.58. The first-order valence-corrected chi connectivity index (χ1v) is 13.1. The number of nitrogens with one attached hydrogen (secondary N) is 3. The van der Waals surface area contributed by atoms with Gasteiger partial charge in [-0.3, -0.25) is 0 Å². The molecule has 2 aromatic heterocycles. The zero-order chi connectivity index (χ0) is 30.0. The van der Waals surface area contributed by atoms with E-state index < -0.39 is 24.2 Å². The first-order chi connectivity index (χ1) is 20.1. The topological polar surface area (TPSA) is 99.5 Å². The Bertz CT molecular complexity index is 1580. The van der Waals surface area contributed by atoms with Gasteiger partial charge in [0, 0.05) is 48.7 Å². The molecule has 1 aliphatic heterocycles. The van der Waals surface area contributed by atoms with Crippen LogP contribution < -0.4 is 25.6 Å². The first kappa shape index (κ1) is 26.9. The molecular formula is C28H31F4N7O2. The molecule has 1 saturated heterocycles. The third-order valence-electron chi connectivity index (χ3n) is 7.06. The number of fused-ring (bicyclic) bond motifs is 1. The number of hydrogen-bond donors (Lipinski definition) is 4. The summed E-state index contributed by atoms with van der Waals surface area (Å²) in [6.07, 6.45) is -3.25. The van der Waals surface area contributed by atoms with Gasteiger partial charge < -0.3 is 35.3 Å². The quantitative estimate of drug-likeness (QED) is 0.198. The molecule has 3 heterocycles. The van der Waals surface area contributed by atoms with Crippen LogP contribution in [0.4, 0.5) is 46.4 Å². The lowest BCUT2D eigenvalue weighted by Crippen LogP contribution is -2.27. The highest BCUT2D eigenvalue weighted by atomic mass is 19.4. The van der Waals surface area contributed by atoms with Crippen molar-refractivity contribution in [1.82, 2.24) is 19.8 Å². The molecule has 4 N–H and O–H groups in total. The van der Waals surface area contributed by atoms with E-state index in [1.807, 2.05) is 12.1 Å². The van der Waals surface area contributed by atoms with Gasteiger partial charge in [0.25, 0.3) is 0 Å². The molecule has 0 spiro atoms.